The summed E-state index contributed by atoms with van der Waals surface area (Å²) in [6.07, 6.45) is 2.52. The van der Waals surface area contributed by atoms with Crippen molar-refractivity contribution in [3.8, 4) is 5.75 Å². The highest BCUT2D eigenvalue weighted by Crippen LogP contribution is 2.29. The van der Waals surface area contributed by atoms with Crippen molar-refractivity contribution >= 4 is 38.6 Å². The predicted molar refractivity (Wildman–Crippen MR) is 149 cm³/mol. The molecule has 0 saturated heterocycles. The van der Waals surface area contributed by atoms with Crippen LogP contribution in [0.2, 0.25) is 0 Å². The number of halogens is 1. The molecule has 0 aliphatic carbocycles. The van der Waals surface area contributed by atoms with E-state index >= 15 is 4.39 Å². The summed E-state index contributed by atoms with van der Waals surface area (Å²) < 4.78 is 54.4. The molecule has 0 aliphatic heterocycles. The third kappa shape index (κ3) is 6.38. The third-order valence-corrected chi connectivity index (χ3v) is 7.15. The van der Waals surface area contributed by atoms with Gasteiger partial charge in [-0.25, -0.2) is 18.7 Å². The maximum absolute atomic E-state index is 15.4. The first kappa shape index (κ1) is 28.5. The molecule has 40 heavy (non-hydrogen) atoms. The predicted octanol–water partition coefficient (Wildman–Crippen LogP) is 3.49. The van der Waals surface area contributed by atoms with Gasteiger partial charge in [0.05, 0.1) is 5.69 Å². The summed E-state index contributed by atoms with van der Waals surface area (Å²) in [5, 5.41) is 0.563. The van der Waals surface area contributed by atoms with Gasteiger partial charge in [0.2, 0.25) is 0 Å². The second-order valence-corrected chi connectivity index (χ2v) is 10.7. The Morgan fingerprint density at radius 2 is 1.80 bits per heavy atom. The van der Waals surface area contributed by atoms with Gasteiger partial charge in [-0.05, 0) is 41.5 Å². The van der Waals surface area contributed by atoms with Gasteiger partial charge in [-0.15, -0.1) is 0 Å². The highest BCUT2D eigenvalue weighted by molar-refractivity contribution is 7.90. The molecule has 2 heterocycles. The van der Waals surface area contributed by atoms with Crippen LogP contribution in [0.5, 0.6) is 5.75 Å². The van der Waals surface area contributed by atoms with Crippen molar-refractivity contribution in [2.45, 2.75) is 13.0 Å². The third-order valence-electron chi connectivity index (χ3n) is 6.12. The Hall–Kier alpha value is -4.49. The molecule has 0 saturated carbocycles. The maximum atomic E-state index is 15.4. The number of pyridine rings is 1. The Morgan fingerprint density at radius 3 is 2.48 bits per heavy atom. The Kier molecular flexibility index (Phi) is 8.35. The molecule has 4 aromatic rings. The molecule has 0 aliphatic rings. The van der Waals surface area contributed by atoms with Crippen molar-refractivity contribution in [1.29, 1.82) is 0 Å². The van der Waals surface area contributed by atoms with E-state index in [0.29, 0.717) is 10.9 Å². The van der Waals surface area contributed by atoms with Crippen LogP contribution in [0.3, 0.4) is 0 Å². The summed E-state index contributed by atoms with van der Waals surface area (Å²) >= 11 is 0. The van der Waals surface area contributed by atoms with E-state index in [4.69, 9.17) is 9.15 Å². The number of ether oxygens (including phenoxy) is 1. The number of aromatic nitrogens is 1. The Balaban J connectivity index is 1.82. The van der Waals surface area contributed by atoms with Gasteiger partial charge in [-0.1, -0.05) is 12.1 Å². The van der Waals surface area contributed by atoms with Crippen LogP contribution in [-0.4, -0.2) is 52.6 Å². The smallest absolute Gasteiger partial charge is 0.414 e. The highest BCUT2D eigenvalue weighted by atomic mass is 32.2. The number of carbonyl (C=O) groups is 1. The lowest BCUT2D eigenvalue weighted by atomic mass is 9.97. The van der Waals surface area contributed by atoms with Crippen LogP contribution < -0.4 is 24.7 Å². The molecule has 0 fully saturated rings. The van der Waals surface area contributed by atoms with E-state index in [0.717, 1.165) is 5.69 Å². The Labute approximate surface area is 230 Å². The molecule has 2 aromatic heterocycles. The number of amides is 1. The van der Waals surface area contributed by atoms with E-state index in [1.54, 1.807) is 38.6 Å². The van der Waals surface area contributed by atoms with Crippen molar-refractivity contribution in [2.24, 2.45) is 0 Å². The standard InChI is InChI=1S/C27H28FN5O6S/c1-29-40(36,37)31-23-7-5-6-17(25(23)28)14-21-22(16-33(4)18-10-12-30-13-11-18)20-9-8-19(38-27(35)32(2)3)15-24(20)39-26(21)34/h5-13,15,29,31H,14,16H2,1-4H3. The highest BCUT2D eigenvalue weighted by Gasteiger charge is 2.21. The average molecular weight is 570 g/mol. The van der Waals surface area contributed by atoms with Crippen LogP contribution in [0.15, 0.2) is 70.1 Å². The molecule has 0 atom stereocenters. The Morgan fingerprint density at radius 1 is 1.07 bits per heavy atom. The van der Waals surface area contributed by atoms with Crippen molar-refractivity contribution < 1.29 is 26.8 Å². The van der Waals surface area contributed by atoms with Crippen LogP contribution >= 0.6 is 0 Å². The molecule has 2 N–H and O–H groups in total. The maximum Gasteiger partial charge on any atom is 0.414 e. The monoisotopic (exact) mass is 569 g/mol. The van der Waals surface area contributed by atoms with Crippen molar-refractivity contribution in [3.63, 3.8) is 0 Å². The molecule has 13 heteroatoms. The molecule has 210 valence electrons. The zero-order valence-corrected chi connectivity index (χ0v) is 23.1. The van der Waals surface area contributed by atoms with Gasteiger partial charge >= 0.3 is 11.7 Å². The molecule has 11 nitrogen and oxygen atoms in total. The first-order valence-electron chi connectivity index (χ1n) is 12.1. The first-order chi connectivity index (χ1) is 19.0. The van der Waals surface area contributed by atoms with E-state index in [-0.39, 0.29) is 41.1 Å². The summed E-state index contributed by atoms with van der Waals surface area (Å²) in [6.45, 7) is 0.242. The van der Waals surface area contributed by atoms with Crippen molar-refractivity contribution in [2.75, 3.05) is 37.8 Å². The normalized spacial score (nSPS) is 11.3. The summed E-state index contributed by atoms with van der Waals surface area (Å²) in [6, 6.07) is 12.6. The molecule has 0 spiro atoms. The van der Waals surface area contributed by atoms with Crippen molar-refractivity contribution in [3.05, 3.63) is 93.9 Å². The second kappa shape index (κ2) is 11.7. The minimum atomic E-state index is -3.97. The van der Waals surface area contributed by atoms with Gasteiger partial charge < -0.3 is 19.0 Å². The van der Waals surface area contributed by atoms with E-state index in [2.05, 4.69) is 14.4 Å². The summed E-state index contributed by atoms with van der Waals surface area (Å²) in [5.74, 6) is -0.633. The van der Waals surface area contributed by atoms with Gasteiger partial charge in [0.15, 0.2) is 5.82 Å². The number of rotatable bonds is 9. The quantitative estimate of drug-likeness (QED) is 0.293. The van der Waals surface area contributed by atoms with Crippen LogP contribution in [0.1, 0.15) is 16.7 Å². The van der Waals surface area contributed by atoms with E-state index in [9.17, 15) is 18.0 Å². The molecule has 0 unspecified atom stereocenters. The number of nitrogens with zero attached hydrogens (tertiary/aromatic N) is 3. The molecule has 4 rings (SSSR count). The number of carbonyl (C=O) groups excluding carboxylic acids is 1. The second-order valence-electron chi connectivity index (χ2n) is 9.09. The fourth-order valence-electron chi connectivity index (χ4n) is 4.01. The van der Waals surface area contributed by atoms with Gasteiger partial charge in [0.1, 0.15) is 11.3 Å². The number of hydrogen-bond acceptors (Lipinski definition) is 8. The molecular weight excluding hydrogens is 541 g/mol. The molecule has 0 radical (unpaired) electrons. The summed E-state index contributed by atoms with van der Waals surface area (Å²) in [4.78, 5) is 32.6. The molecule has 0 bridgehead atoms. The fourth-order valence-corrected chi connectivity index (χ4v) is 4.56. The molecule has 2 aromatic carbocycles. The number of fused-ring (bicyclic) bond motifs is 1. The first-order valence-corrected chi connectivity index (χ1v) is 13.5. The Bertz CT molecular complexity index is 1710. The number of nitrogens with one attached hydrogen (secondary N) is 2. The zero-order chi connectivity index (χ0) is 29.0. The summed E-state index contributed by atoms with van der Waals surface area (Å²) in [7, 11) is 2.15. The lowest BCUT2D eigenvalue weighted by molar-refractivity contribution is 0.172. The van der Waals surface area contributed by atoms with Crippen LogP contribution in [0.25, 0.3) is 11.0 Å². The lowest BCUT2D eigenvalue weighted by Gasteiger charge is -2.22. The van der Waals surface area contributed by atoms with E-state index in [1.807, 2.05) is 24.1 Å². The topological polar surface area (TPSA) is 134 Å². The van der Waals surface area contributed by atoms with E-state index in [1.165, 1.54) is 36.2 Å². The minimum absolute atomic E-state index is 0.0901. The van der Waals surface area contributed by atoms with Gasteiger partial charge in [-0.3, -0.25) is 9.71 Å². The largest absolute Gasteiger partial charge is 0.422 e. The SMILES string of the molecule is CNS(=O)(=O)Nc1cccc(Cc2c(CN(C)c3ccncc3)c3ccc(OC(=O)N(C)C)cc3oc2=O)c1F. The number of anilines is 2. The van der Waals surface area contributed by atoms with Gasteiger partial charge in [0.25, 0.3) is 10.2 Å². The molecular formula is C27H28FN5O6S. The average Bonchev–Trinajstić information content (AvgIpc) is 2.92. The van der Waals surface area contributed by atoms with Crippen LogP contribution in [-0.2, 0) is 23.2 Å². The van der Waals surface area contributed by atoms with Crippen molar-refractivity contribution in [1.82, 2.24) is 14.6 Å². The van der Waals surface area contributed by atoms with Gasteiger partial charge in [0, 0.05) is 76.3 Å². The number of benzene rings is 2. The van der Waals surface area contributed by atoms with Crippen LogP contribution in [0, 0.1) is 5.82 Å². The number of hydrogen-bond donors (Lipinski definition) is 2. The van der Waals surface area contributed by atoms with Crippen LogP contribution in [0.4, 0.5) is 20.6 Å². The minimum Gasteiger partial charge on any atom is -0.422 e. The van der Waals surface area contributed by atoms with E-state index < -0.39 is 27.7 Å². The lowest BCUT2D eigenvalue weighted by Crippen LogP contribution is -2.27. The zero-order valence-electron chi connectivity index (χ0n) is 22.3. The van der Waals surface area contributed by atoms with Gasteiger partial charge in [-0.2, -0.15) is 8.42 Å². The molecule has 1 amide bonds. The fraction of sp³-hybridized carbons (Fsp3) is 0.222. The summed E-state index contributed by atoms with van der Waals surface area (Å²) in [5.41, 5.74) is 0.894.